The molecule has 0 saturated heterocycles. The molecular weight excluding hydrogens is 292 g/mol. The first kappa shape index (κ1) is 15.3. The second-order valence-electron chi connectivity index (χ2n) is 5.70. The molecule has 0 saturated carbocycles. The molecule has 118 valence electrons. The molecule has 3 rings (SSSR count). The third-order valence-corrected chi connectivity index (χ3v) is 4.11. The smallest absolute Gasteiger partial charge is 0.309 e. The minimum Gasteiger partial charge on any atom is -0.469 e. The van der Waals surface area contributed by atoms with Crippen LogP contribution in [-0.2, 0) is 28.9 Å². The second kappa shape index (κ2) is 6.23. The van der Waals surface area contributed by atoms with Gasteiger partial charge in [0.05, 0.1) is 24.9 Å². The Kier molecular flexibility index (Phi) is 4.13. The summed E-state index contributed by atoms with van der Waals surface area (Å²) in [7, 11) is 3.43. The number of nitriles is 1. The summed E-state index contributed by atoms with van der Waals surface area (Å²) in [5.74, 6) is -0.260. The second-order valence-corrected chi connectivity index (χ2v) is 5.70. The SMILES string of the molecule is COC(=O)Cc1ccc(-n2nc(C#N)c3c2CCN(C)C3)cc1. The Morgan fingerprint density at radius 2 is 2.13 bits per heavy atom. The van der Waals surface area contributed by atoms with Gasteiger partial charge in [0.2, 0.25) is 0 Å². The Bertz CT molecular complexity index is 771. The van der Waals surface area contributed by atoms with E-state index in [4.69, 9.17) is 0 Å². The van der Waals surface area contributed by atoms with Crippen LogP contribution < -0.4 is 0 Å². The Morgan fingerprint density at radius 3 is 2.78 bits per heavy atom. The van der Waals surface area contributed by atoms with E-state index in [0.29, 0.717) is 5.69 Å². The molecule has 0 N–H and O–H groups in total. The van der Waals surface area contributed by atoms with Gasteiger partial charge in [-0.25, -0.2) is 4.68 Å². The number of benzene rings is 1. The van der Waals surface area contributed by atoms with E-state index in [1.165, 1.54) is 7.11 Å². The fourth-order valence-electron chi connectivity index (χ4n) is 2.85. The van der Waals surface area contributed by atoms with Crippen LogP contribution in [0.15, 0.2) is 24.3 Å². The Balaban J connectivity index is 1.93. The molecule has 6 nitrogen and oxygen atoms in total. The van der Waals surface area contributed by atoms with E-state index in [0.717, 1.165) is 42.0 Å². The molecule has 1 aliphatic heterocycles. The van der Waals surface area contributed by atoms with Crippen LogP contribution in [0.4, 0.5) is 0 Å². The van der Waals surface area contributed by atoms with Gasteiger partial charge in [0, 0.05) is 25.1 Å². The largest absolute Gasteiger partial charge is 0.469 e. The van der Waals surface area contributed by atoms with Gasteiger partial charge in [-0.1, -0.05) is 12.1 Å². The fraction of sp³-hybridized carbons (Fsp3) is 0.353. The molecule has 1 aromatic heterocycles. The van der Waals surface area contributed by atoms with E-state index in [9.17, 15) is 10.1 Å². The Morgan fingerprint density at radius 1 is 1.39 bits per heavy atom. The number of hydrogen-bond acceptors (Lipinski definition) is 5. The van der Waals surface area contributed by atoms with Gasteiger partial charge in [0.1, 0.15) is 6.07 Å². The van der Waals surface area contributed by atoms with Crippen LogP contribution in [0.5, 0.6) is 0 Å². The molecule has 6 heteroatoms. The van der Waals surface area contributed by atoms with E-state index in [1.807, 2.05) is 36.0 Å². The van der Waals surface area contributed by atoms with Crippen molar-refractivity contribution < 1.29 is 9.53 Å². The standard InChI is InChI=1S/C17H18N4O2/c1-20-8-7-16-14(11-20)15(10-18)19-21(16)13-5-3-12(4-6-13)9-17(22)23-2/h3-6H,7-9,11H2,1-2H3. The summed E-state index contributed by atoms with van der Waals surface area (Å²) in [5, 5.41) is 13.8. The Labute approximate surface area is 134 Å². The number of rotatable bonds is 3. The number of methoxy groups -OCH3 is 1. The van der Waals surface area contributed by atoms with Crippen LogP contribution in [0.1, 0.15) is 22.5 Å². The molecular formula is C17H18N4O2. The number of nitrogens with zero attached hydrogens (tertiary/aromatic N) is 4. The highest BCUT2D eigenvalue weighted by Crippen LogP contribution is 2.24. The predicted octanol–water partition coefficient (Wildman–Crippen LogP) is 1.45. The van der Waals surface area contributed by atoms with Crippen molar-refractivity contribution >= 4 is 5.97 Å². The normalized spacial score (nSPS) is 14.1. The molecule has 1 aromatic carbocycles. The molecule has 0 fully saturated rings. The predicted molar refractivity (Wildman–Crippen MR) is 84.0 cm³/mol. The summed E-state index contributed by atoms with van der Waals surface area (Å²) in [6.45, 7) is 1.70. The van der Waals surface area contributed by atoms with Gasteiger partial charge in [-0.2, -0.15) is 10.4 Å². The van der Waals surface area contributed by atoms with E-state index in [2.05, 4.69) is 20.8 Å². The number of likely N-dealkylation sites (N-methyl/N-ethyl adjacent to an activating group) is 1. The van der Waals surface area contributed by atoms with Gasteiger partial charge in [0.25, 0.3) is 0 Å². The van der Waals surface area contributed by atoms with Crippen molar-refractivity contribution in [3.63, 3.8) is 0 Å². The first-order valence-electron chi connectivity index (χ1n) is 7.48. The van der Waals surface area contributed by atoms with Crippen LogP contribution in [0.25, 0.3) is 5.69 Å². The van der Waals surface area contributed by atoms with Gasteiger partial charge < -0.3 is 9.64 Å². The van der Waals surface area contributed by atoms with E-state index >= 15 is 0 Å². The van der Waals surface area contributed by atoms with Gasteiger partial charge in [-0.05, 0) is 24.7 Å². The molecule has 2 aromatic rings. The number of hydrogen-bond donors (Lipinski definition) is 0. The maximum absolute atomic E-state index is 11.3. The van der Waals surface area contributed by atoms with Gasteiger partial charge in [-0.15, -0.1) is 0 Å². The molecule has 0 atom stereocenters. The summed E-state index contributed by atoms with van der Waals surface area (Å²) < 4.78 is 6.52. The molecule has 1 aliphatic rings. The third-order valence-electron chi connectivity index (χ3n) is 4.11. The van der Waals surface area contributed by atoms with E-state index in [1.54, 1.807) is 0 Å². The van der Waals surface area contributed by atoms with Crippen molar-refractivity contribution in [3.8, 4) is 11.8 Å². The molecule has 0 radical (unpaired) electrons. The van der Waals surface area contributed by atoms with Crippen LogP contribution in [-0.4, -0.2) is 41.4 Å². The van der Waals surface area contributed by atoms with Crippen molar-refractivity contribution in [2.24, 2.45) is 0 Å². The number of carbonyl (C=O) groups is 1. The number of fused-ring (bicyclic) bond motifs is 1. The summed E-state index contributed by atoms with van der Waals surface area (Å²) in [6, 6.07) is 9.81. The highest BCUT2D eigenvalue weighted by Gasteiger charge is 2.23. The third kappa shape index (κ3) is 2.96. The lowest BCUT2D eigenvalue weighted by Gasteiger charge is -2.23. The van der Waals surface area contributed by atoms with Crippen LogP contribution in [0, 0.1) is 11.3 Å². The molecule has 0 bridgehead atoms. The zero-order valence-corrected chi connectivity index (χ0v) is 13.2. The lowest BCUT2D eigenvalue weighted by Crippen LogP contribution is -2.27. The average molecular weight is 310 g/mol. The maximum Gasteiger partial charge on any atom is 0.309 e. The van der Waals surface area contributed by atoms with E-state index < -0.39 is 0 Å². The highest BCUT2D eigenvalue weighted by molar-refractivity contribution is 5.72. The molecule has 23 heavy (non-hydrogen) atoms. The van der Waals surface area contributed by atoms with E-state index in [-0.39, 0.29) is 12.4 Å². The van der Waals surface area contributed by atoms with Crippen molar-refractivity contribution in [3.05, 3.63) is 46.8 Å². The first-order chi connectivity index (χ1) is 11.1. The van der Waals surface area contributed by atoms with Crippen molar-refractivity contribution in [1.29, 1.82) is 5.26 Å². The number of carbonyl (C=O) groups excluding carboxylic acids is 1. The monoisotopic (exact) mass is 310 g/mol. The van der Waals surface area contributed by atoms with Crippen LogP contribution >= 0.6 is 0 Å². The average Bonchev–Trinajstić information content (AvgIpc) is 2.93. The zero-order valence-electron chi connectivity index (χ0n) is 13.2. The van der Waals surface area contributed by atoms with Crippen molar-refractivity contribution in [2.75, 3.05) is 20.7 Å². The summed E-state index contributed by atoms with van der Waals surface area (Å²) in [5.41, 5.74) is 4.40. The minimum atomic E-state index is -0.260. The highest BCUT2D eigenvalue weighted by atomic mass is 16.5. The lowest BCUT2D eigenvalue weighted by atomic mass is 10.1. The Hall–Kier alpha value is -2.65. The fourth-order valence-corrected chi connectivity index (χ4v) is 2.85. The van der Waals surface area contributed by atoms with Gasteiger partial charge in [0.15, 0.2) is 5.69 Å². The first-order valence-corrected chi connectivity index (χ1v) is 7.48. The van der Waals surface area contributed by atoms with Gasteiger partial charge >= 0.3 is 5.97 Å². The summed E-state index contributed by atoms with van der Waals surface area (Å²) in [4.78, 5) is 13.5. The molecule has 0 unspecified atom stereocenters. The number of aromatic nitrogens is 2. The zero-order chi connectivity index (χ0) is 16.4. The maximum atomic E-state index is 11.3. The lowest BCUT2D eigenvalue weighted by molar-refractivity contribution is -0.139. The van der Waals surface area contributed by atoms with Crippen molar-refractivity contribution in [2.45, 2.75) is 19.4 Å². The van der Waals surface area contributed by atoms with Crippen LogP contribution in [0.3, 0.4) is 0 Å². The minimum absolute atomic E-state index is 0.252. The summed E-state index contributed by atoms with van der Waals surface area (Å²) >= 11 is 0. The number of esters is 1. The van der Waals surface area contributed by atoms with Gasteiger partial charge in [-0.3, -0.25) is 4.79 Å². The van der Waals surface area contributed by atoms with Crippen LogP contribution in [0.2, 0.25) is 0 Å². The molecule has 2 heterocycles. The molecule has 0 amide bonds. The molecule has 0 aliphatic carbocycles. The topological polar surface area (TPSA) is 71.1 Å². The summed E-state index contributed by atoms with van der Waals surface area (Å²) in [6.07, 6.45) is 1.12. The quantitative estimate of drug-likeness (QED) is 0.802. The van der Waals surface area contributed by atoms with Crippen molar-refractivity contribution in [1.82, 2.24) is 14.7 Å². The number of ether oxygens (including phenoxy) is 1. The molecule has 0 spiro atoms.